The number of carbonyl (C=O) groups is 2. The second-order valence-electron chi connectivity index (χ2n) is 7.26. The van der Waals surface area contributed by atoms with Gasteiger partial charge in [0.2, 0.25) is 5.91 Å². The first-order chi connectivity index (χ1) is 16.4. The molecule has 1 amide bonds. The first-order valence-corrected chi connectivity index (χ1v) is 11.5. The predicted molar refractivity (Wildman–Crippen MR) is 128 cm³/mol. The normalized spacial score (nSPS) is 15.3. The molecule has 1 heterocycles. The molecule has 0 aromatic heterocycles. The van der Waals surface area contributed by atoms with Crippen LogP contribution in [-0.4, -0.2) is 31.3 Å². The van der Waals surface area contributed by atoms with Crippen molar-refractivity contribution in [2.75, 3.05) is 24.8 Å². The van der Waals surface area contributed by atoms with Crippen LogP contribution in [0.25, 0.3) is 0 Å². The molecule has 176 valence electrons. The molecule has 0 spiro atoms. The van der Waals surface area contributed by atoms with Gasteiger partial charge in [0.1, 0.15) is 11.6 Å². The molecule has 7 nitrogen and oxygen atoms in total. The fraction of sp³-hybridized carbons (Fsp3) is 0.240. The summed E-state index contributed by atoms with van der Waals surface area (Å²) in [4.78, 5) is 25.2. The molecule has 2 N–H and O–H groups in total. The summed E-state index contributed by atoms with van der Waals surface area (Å²) in [6.45, 7) is 3.98. The van der Waals surface area contributed by atoms with Crippen LogP contribution in [0.5, 0.6) is 5.75 Å². The molecule has 2 aromatic rings. The Kier molecular flexibility index (Phi) is 8.33. The number of amides is 1. The number of dihydropyridines is 1. The fourth-order valence-electron chi connectivity index (χ4n) is 3.59. The van der Waals surface area contributed by atoms with Gasteiger partial charge in [-0.05, 0) is 44.2 Å². The van der Waals surface area contributed by atoms with Crippen molar-refractivity contribution in [3.63, 3.8) is 0 Å². The second-order valence-corrected chi connectivity index (χ2v) is 8.24. The zero-order valence-corrected chi connectivity index (χ0v) is 19.8. The van der Waals surface area contributed by atoms with E-state index in [2.05, 4.69) is 16.7 Å². The number of nitriles is 1. The smallest absolute Gasteiger partial charge is 0.336 e. The summed E-state index contributed by atoms with van der Waals surface area (Å²) in [6.07, 6.45) is 0. The molecular formula is C25H24FN3O4S. The molecule has 0 aliphatic carbocycles. The molecule has 0 unspecified atom stereocenters. The number of allylic oxidation sites excluding steroid dienone is 2. The Morgan fingerprint density at radius 3 is 2.56 bits per heavy atom. The summed E-state index contributed by atoms with van der Waals surface area (Å²) in [5, 5.41) is 16.3. The number of ether oxygens (including phenoxy) is 2. The molecule has 9 heteroatoms. The number of halogens is 1. The molecule has 0 radical (unpaired) electrons. The molecule has 0 bridgehead atoms. The van der Waals surface area contributed by atoms with Crippen molar-refractivity contribution in [2.24, 2.45) is 0 Å². The number of anilines is 1. The number of nitrogens with zero attached hydrogens (tertiary/aromatic N) is 1. The largest absolute Gasteiger partial charge is 0.494 e. The molecule has 34 heavy (non-hydrogen) atoms. The maximum Gasteiger partial charge on any atom is 0.336 e. The zero-order valence-electron chi connectivity index (χ0n) is 19.0. The average Bonchev–Trinajstić information content (AvgIpc) is 2.84. The molecule has 1 aliphatic rings. The third-order valence-corrected chi connectivity index (χ3v) is 6.08. The number of benzene rings is 2. The monoisotopic (exact) mass is 481 g/mol. The molecule has 0 fully saturated rings. The van der Waals surface area contributed by atoms with Crippen LogP contribution in [0.2, 0.25) is 0 Å². The number of thioether (sulfide) groups is 1. The lowest BCUT2D eigenvalue weighted by atomic mass is 9.82. The van der Waals surface area contributed by atoms with E-state index in [1.807, 2.05) is 19.1 Å². The van der Waals surface area contributed by atoms with Gasteiger partial charge in [-0.25, -0.2) is 9.18 Å². The van der Waals surface area contributed by atoms with E-state index in [4.69, 9.17) is 9.47 Å². The maximum atomic E-state index is 13.1. The lowest BCUT2D eigenvalue weighted by Crippen LogP contribution is -2.29. The van der Waals surface area contributed by atoms with Crippen LogP contribution in [0.1, 0.15) is 25.3 Å². The average molecular weight is 482 g/mol. The van der Waals surface area contributed by atoms with Gasteiger partial charge in [0.25, 0.3) is 0 Å². The van der Waals surface area contributed by atoms with E-state index >= 15 is 0 Å². The van der Waals surface area contributed by atoms with Gasteiger partial charge in [-0.3, -0.25) is 4.79 Å². The van der Waals surface area contributed by atoms with E-state index in [-0.39, 0.29) is 17.2 Å². The van der Waals surface area contributed by atoms with Crippen LogP contribution in [0.3, 0.4) is 0 Å². The fourth-order valence-corrected chi connectivity index (χ4v) is 4.48. The highest BCUT2D eigenvalue weighted by Gasteiger charge is 2.36. The number of para-hydroxylation sites is 1. The zero-order chi connectivity index (χ0) is 24.7. The van der Waals surface area contributed by atoms with Crippen molar-refractivity contribution in [3.8, 4) is 11.8 Å². The molecule has 3 rings (SSSR count). The van der Waals surface area contributed by atoms with Gasteiger partial charge < -0.3 is 20.1 Å². The van der Waals surface area contributed by atoms with Crippen LogP contribution in [0.15, 0.2) is 70.4 Å². The van der Waals surface area contributed by atoms with Crippen LogP contribution >= 0.6 is 11.8 Å². The summed E-state index contributed by atoms with van der Waals surface area (Å²) in [7, 11) is 1.29. The van der Waals surface area contributed by atoms with E-state index in [0.29, 0.717) is 39.9 Å². The molecule has 1 aliphatic heterocycles. The minimum Gasteiger partial charge on any atom is -0.494 e. The molecular weight excluding hydrogens is 457 g/mol. The van der Waals surface area contributed by atoms with E-state index in [0.717, 1.165) is 11.8 Å². The predicted octanol–water partition coefficient (Wildman–Crippen LogP) is 4.47. The first kappa shape index (κ1) is 24.9. The quantitative estimate of drug-likeness (QED) is 0.537. The van der Waals surface area contributed by atoms with E-state index in [1.54, 1.807) is 19.1 Å². The SMILES string of the molecule is CCOc1ccccc1[C@H]1C(C#N)=C(SCC(=O)Nc2ccc(F)cc2)NC(C)=C1C(=O)OC. The van der Waals surface area contributed by atoms with Crippen LogP contribution < -0.4 is 15.4 Å². The van der Waals surface area contributed by atoms with E-state index < -0.39 is 17.7 Å². The highest BCUT2D eigenvalue weighted by Crippen LogP contribution is 2.43. The molecule has 2 aromatic carbocycles. The Morgan fingerprint density at radius 2 is 1.91 bits per heavy atom. The van der Waals surface area contributed by atoms with Crippen LogP contribution in [0.4, 0.5) is 10.1 Å². The van der Waals surface area contributed by atoms with Crippen molar-refractivity contribution in [1.29, 1.82) is 5.26 Å². The van der Waals surface area contributed by atoms with Gasteiger partial charge in [0.15, 0.2) is 0 Å². The van der Waals surface area contributed by atoms with Gasteiger partial charge in [-0.2, -0.15) is 5.26 Å². The van der Waals surface area contributed by atoms with E-state index in [9.17, 15) is 19.2 Å². The summed E-state index contributed by atoms with van der Waals surface area (Å²) in [5.74, 6) is -1.47. The van der Waals surface area contributed by atoms with Crippen molar-refractivity contribution < 1.29 is 23.5 Å². The Hall–Kier alpha value is -3.77. The Balaban J connectivity index is 1.94. The number of nitrogens with one attached hydrogen (secondary N) is 2. The first-order valence-electron chi connectivity index (χ1n) is 10.5. The van der Waals surface area contributed by atoms with Gasteiger partial charge >= 0.3 is 5.97 Å². The number of hydrogen-bond acceptors (Lipinski definition) is 7. The van der Waals surface area contributed by atoms with Gasteiger partial charge in [0, 0.05) is 16.9 Å². The minimum absolute atomic E-state index is 0.00838. The standard InChI is InChI=1S/C25H24FN3O4S/c1-4-33-20-8-6-5-7-18(20)23-19(13-27)24(28-15(2)22(23)25(31)32-3)34-14-21(30)29-17-11-9-16(26)10-12-17/h5-12,23,28H,4,14H2,1-3H3,(H,29,30)/t23-/m0/s1. The number of esters is 1. The molecule has 1 atom stereocenters. The van der Waals surface area contributed by atoms with Crippen molar-refractivity contribution in [3.05, 3.63) is 81.8 Å². The lowest BCUT2D eigenvalue weighted by Gasteiger charge is -2.30. The number of rotatable bonds is 8. The number of methoxy groups -OCH3 is 1. The highest BCUT2D eigenvalue weighted by atomic mass is 32.2. The van der Waals surface area contributed by atoms with Crippen molar-refractivity contribution >= 4 is 29.3 Å². The Bertz CT molecular complexity index is 1190. The summed E-state index contributed by atoms with van der Waals surface area (Å²) in [5.41, 5.74) is 2.20. The minimum atomic E-state index is -0.732. The Labute approximate surface area is 201 Å². The maximum absolute atomic E-state index is 13.1. The highest BCUT2D eigenvalue weighted by molar-refractivity contribution is 8.03. The van der Waals surface area contributed by atoms with Gasteiger partial charge in [-0.15, -0.1) is 0 Å². The van der Waals surface area contributed by atoms with Crippen LogP contribution in [-0.2, 0) is 14.3 Å². The van der Waals surface area contributed by atoms with Crippen molar-refractivity contribution in [2.45, 2.75) is 19.8 Å². The van der Waals surface area contributed by atoms with Crippen molar-refractivity contribution in [1.82, 2.24) is 5.32 Å². The third-order valence-electron chi connectivity index (χ3n) is 5.06. The third kappa shape index (κ3) is 5.58. The van der Waals surface area contributed by atoms with Crippen LogP contribution in [0, 0.1) is 17.1 Å². The summed E-state index contributed by atoms with van der Waals surface area (Å²) < 4.78 is 23.9. The van der Waals surface area contributed by atoms with Gasteiger partial charge in [0.05, 0.1) is 47.6 Å². The van der Waals surface area contributed by atoms with E-state index in [1.165, 1.54) is 31.4 Å². The molecule has 0 saturated carbocycles. The molecule has 0 saturated heterocycles. The number of hydrogen-bond donors (Lipinski definition) is 2. The number of carbonyl (C=O) groups excluding carboxylic acids is 2. The Morgan fingerprint density at radius 1 is 1.21 bits per heavy atom. The van der Waals surface area contributed by atoms with Gasteiger partial charge in [-0.1, -0.05) is 30.0 Å². The topological polar surface area (TPSA) is 100 Å². The summed E-state index contributed by atoms with van der Waals surface area (Å²) in [6, 6.07) is 14.9. The summed E-state index contributed by atoms with van der Waals surface area (Å²) >= 11 is 1.14. The lowest BCUT2D eigenvalue weighted by molar-refractivity contribution is -0.136. The second kappa shape index (κ2) is 11.4.